The van der Waals surface area contributed by atoms with Gasteiger partial charge in [-0.15, -0.1) is 0 Å². The van der Waals surface area contributed by atoms with E-state index in [1.165, 1.54) is 0 Å². The van der Waals surface area contributed by atoms with Gasteiger partial charge < -0.3 is 24.7 Å². The van der Waals surface area contributed by atoms with Crippen LogP contribution in [0.1, 0.15) is 48.4 Å². The number of nitrogens with one attached hydrogen (secondary N) is 2. The first-order chi connectivity index (χ1) is 22.4. The van der Waals surface area contributed by atoms with E-state index in [0.29, 0.717) is 29.1 Å². The van der Waals surface area contributed by atoms with Crippen molar-refractivity contribution >= 4 is 39.5 Å². The standard InChI is InChI=1S/C38H33N5O3/c1-5-29-32-19-27(45-3)15-17-30(32)33(21-39)36(29)23-7-11-25(12-8-23)41-38(44)42-26-13-9-24(10-14-26)37-34(22-40)31-18-16-28(46-4)20-35(31)43(37)6-2/h7-20,29H,5-6H2,1-4H3,(H2,41,42,44). The maximum absolute atomic E-state index is 12.9. The Morgan fingerprint density at radius 3 is 1.98 bits per heavy atom. The first-order valence-electron chi connectivity index (χ1n) is 15.2. The molecule has 0 saturated heterocycles. The molecule has 46 heavy (non-hydrogen) atoms. The van der Waals surface area contributed by atoms with E-state index >= 15 is 0 Å². The van der Waals surface area contributed by atoms with Crippen LogP contribution in [0.3, 0.4) is 0 Å². The minimum absolute atomic E-state index is 0.0791. The predicted molar refractivity (Wildman–Crippen MR) is 182 cm³/mol. The van der Waals surface area contributed by atoms with Crippen LogP contribution < -0.4 is 20.1 Å². The largest absolute Gasteiger partial charge is 0.497 e. The third-order valence-corrected chi connectivity index (χ3v) is 8.61. The van der Waals surface area contributed by atoms with Crippen LogP contribution in [0.4, 0.5) is 16.2 Å². The van der Waals surface area contributed by atoms with Crippen molar-refractivity contribution in [1.82, 2.24) is 4.57 Å². The van der Waals surface area contributed by atoms with Gasteiger partial charge in [-0.3, -0.25) is 0 Å². The van der Waals surface area contributed by atoms with Crippen molar-refractivity contribution in [2.45, 2.75) is 32.7 Å². The minimum Gasteiger partial charge on any atom is -0.497 e. The lowest BCUT2D eigenvalue weighted by molar-refractivity contribution is 0.262. The molecule has 0 saturated carbocycles. The molecule has 6 rings (SSSR count). The fraction of sp³-hybridized carbons (Fsp3) is 0.184. The van der Waals surface area contributed by atoms with E-state index in [0.717, 1.165) is 62.3 Å². The number of benzene rings is 4. The summed E-state index contributed by atoms with van der Waals surface area (Å²) in [6.07, 6.45) is 0.842. The zero-order valence-corrected chi connectivity index (χ0v) is 26.1. The number of allylic oxidation sites excluding steroid dienone is 2. The molecule has 1 aliphatic carbocycles. The summed E-state index contributed by atoms with van der Waals surface area (Å²) < 4.78 is 13.0. The molecule has 1 aromatic heterocycles. The fourth-order valence-corrected chi connectivity index (χ4v) is 6.48. The van der Waals surface area contributed by atoms with Gasteiger partial charge in [-0.2, -0.15) is 10.5 Å². The summed E-state index contributed by atoms with van der Waals surface area (Å²) in [5.74, 6) is 1.58. The second-order valence-corrected chi connectivity index (χ2v) is 11.0. The Kier molecular flexibility index (Phi) is 8.20. The smallest absolute Gasteiger partial charge is 0.323 e. The van der Waals surface area contributed by atoms with E-state index < -0.39 is 0 Å². The summed E-state index contributed by atoms with van der Waals surface area (Å²) in [5, 5.41) is 26.8. The fourth-order valence-electron chi connectivity index (χ4n) is 6.48. The van der Waals surface area contributed by atoms with Crippen molar-refractivity contribution in [3.63, 3.8) is 0 Å². The second kappa shape index (κ2) is 12.6. The number of carbonyl (C=O) groups is 1. The number of anilines is 2. The van der Waals surface area contributed by atoms with Crippen LogP contribution >= 0.6 is 0 Å². The quantitative estimate of drug-likeness (QED) is 0.183. The van der Waals surface area contributed by atoms with Gasteiger partial charge in [0.15, 0.2) is 0 Å². The number of methoxy groups -OCH3 is 2. The molecule has 8 heteroatoms. The first-order valence-corrected chi connectivity index (χ1v) is 15.2. The molecule has 5 aromatic rings. The molecule has 2 amide bonds. The Bertz CT molecular complexity index is 2080. The SMILES string of the molecule is CCC1C(c2ccc(NC(=O)Nc3ccc(-c4c(C#N)c5ccc(OC)cc5n4CC)cc3)cc2)=C(C#N)c2ccc(OC)cc21. The van der Waals surface area contributed by atoms with Gasteiger partial charge in [0.2, 0.25) is 0 Å². The van der Waals surface area contributed by atoms with Crippen molar-refractivity contribution in [3.05, 3.63) is 107 Å². The van der Waals surface area contributed by atoms with Gasteiger partial charge in [0.05, 0.1) is 36.6 Å². The summed E-state index contributed by atoms with van der Waals surface area (Å²) in [6.45, 7) is 4.84. The molecule has 4 aromatic carbocycles. The van der Waals surface area contributed by atoms with Crippen molar-refractivity contribution in [2.24, 2.45) is 0 Å². The van der Waals surface area contributed by atoms with Crippen LogP contribution in [-0.2, 0) is 6.54 Å². The highest BCUT2D eigenvalue weighted by atomic mass is 16.5. The molecular weight excluding hydrogens is 574 g/mol. The maximum Gasteiger partial charge on any atom is 0.323 e. The zero-order valence-electron chi connectivity index (χ0n) is 26.1. The van der Waals surface area contributed by atoms with Gasteiger partial charge in [-0.1, -0.05) is 31.2 Å². The Morgan fingerprint density at radius 2 is 1.41 bits per heavy atom. The summed E-state index contributed by atoms with van der Waals surface area (Å²) in [7, 11) is 3.27. The van der Waals surface area contributed by atoms with Crippen molar-refractivity contribution in [3.8, 4) is 34.9 Å². The summed E-state index contributed by atoms with van der Waals surface area (Å²) >= 11 is 0. The lowest BCUT2D eigenvalue weighted by Crippen LogP contribution is -2.19. The summed E-state index contributed by atoms with van der Waals surface area (Å²) in [6, 6.07) is 31.0. The molecular formula is C38H33N5O3. The van der Waals surface area contributed by atoms with E-state index in [4.69, 9.17) is 9.47 Å². The molecule has 8 nitrogen and oxygen atoms in total. The average Bonchev–Trinajstić information content (AvgIpc) is 3.59. The number of carbonyl (C=O) groups excluding carboxylic acids is 1. The number of nitriles is 2. The number of rotatable bonds is 8. The normalized spacial score (nSPS) is 13.6. The number of fused-ring (bicyclic) bond motifs is 2. The monoisotopic (exact) mass is 607 g/mol. The number of amides is 2. The number of aryl methyl sites for hydroxylation is 1. The van der Waals surface area contributed by atoms with E-state index in [2.05, 4.69) is 34.3 Å². The van der Waals surface area contributed by atoms with Crippen LogP contribution in [-0.4, -0.2) is 24.8 Å². The predicted octanol–water partition coefficient (Wildman–Crippen LogP) is 8.80. The summed E-state index contributed by atoms with van der Waals surface area (Å²) in [5.41, 5.74) is 9.13. The Hall–Kier alpha value is -5.99. The van der Waals surface area contributed by atoms with Crippen molar-refractivity contribution < 1.29 is 14.3 Å². The van der Waals surface area contributed by atoms with Gasteiger partial charge >= 0.3 is 6.03 Å². The van der Waals surface area contributed by atoms with E-state index in [9.17, 15) is 15.3 Å². The van der Waals surface area contributed by atoms with Crippen LogP contribution in [0.15, 0.2) is 84.9 Å². The highest BCUT2D eigenvalue weighted by molar-refractivity contribution is 6.05. The van der Waals surface area contributed by atoms with Gasteiger partial charge in [-0.05, 0) is 95.8 Å². The van der Waals surface area contributed by atoms with Crippen LogP contribution in [0.25, 0.3) is 33.3 Å². The molecule has 0 spiro atoms. The van der Waals surface area contributed by atoms with Gasteiger partial charge in [0, 0.05) is 35.3 Å². The van der Waals surface area contributed by atoms with E-state index in [-0.39, 0.29) is 11.9 Å². The minimum atomic E-state index is -0.378. The Labute approximate surface area is 268 Å². The molecule has 1 aliphatic rings. The molecule has 0 bridgehead atoms. The number of urea groups is 1. The highest BCUT2D eigenvalue weighted by Crippen LogP contribution is 2.49. The Balaban J connectivity index is 1.18. The van der Waals surface area contributed by atoms with Crippen molar-refractivity contribution in [1.29, 1.82) is 10.5 Å². The molecule has 228 valence electrons. The van der Waals surface area contributed by atoms with Gasteiger partial charge in [-0.25, -0.2) is 4.79 Å². The second-order valence-electron chi connectivity index (χ2n) is 11.0. The average molecular weight is 608 g/mol. The number of ether oxygens (including phenoxy) is 2. The molecule has 1 unspecified atom stereocenters. The van der Waals surface area contributed by atoms with Crippen molar-refractivity contribution in [2.75, 3.05) is 24.9 Å². The molecule has 0 aliphatic heterocycles. The van der Waals surface area contributed by atoms with Gasteiger partial charge in [0.25, 0.3) is 0 Å². The van der Waals surface area contributed by atoms with Crippen LogP contribution in [0, 0.1) is 22.7 Å². The van der Waals surface area contributed by atoms with Gasteiger partial charge in [0.1, 0.15) is 23.6 Å². The molecule has 2 N–H and O–H groups in total. The number of hydrogen-bond acceptors (Lipinski definition) is 5. The lowest BCUT2D eigenvalue weighted by Gasteiger charge is -2.16. The number of hydrogen-bond donors (Lipinski definition) is 2. The Morgan fingerprint density at radius 1 is 0.804 bits per heavy atom. The van der Waals surface area contributed by atoms with Crippen LogP contribution in [0.5, 0.6) is 11.5 Å². The molecule has 0 radical (unpaired) electrons. The third-order valence-electron chi connectivity index (χ3n) is 8.61. The highest BCUT2D eigenvalue weighted by Gasteiger charge is 2.31. The number of aromatic nitrogens is 1. The molecule has 1 atom stereocenters. The lowest BCUT2D eigenvalue weighted by atomic mass is 9.88. The third kappa shape index (κ3) is 5.21. The van der Waals surface area contributed by atoms with E-state index in [1.54, 1.807) is 14.2 Å². The number of nitrogens with zero attached hydrogens (tertiary/aromatic N) is 3. The maximum atomic E-state index is 12.9. The molecule has 1 heterocycles. The summed E-state index contributed by atoms with van der Waals surface area (Å²) in [4.78, 5) is 12.9. The van der Waals surface area contributed by atoms with Crippen LogP contribution in [0.2, 0.25) is 0 Å². The first kappa shape index (κ1) is 30.1. The topological polar surface area (TPSA) is 112 Å². The van der Waals surface area contributed by atoms with E-state index in [1.807, 2.05) is 91.9 Å². The zero-order chi connectivity index (χ0) is 32.4. The molecule has 0 fully saturated rings.